The van der Waals surface area contributed by atoms with Gasteiger partial charge in [0.2, 0.25) is 0 Å². The highest BCUT2D eigenvalue weighted by molar-refractivity contribution is 5.81. The number of benzene rings is 1. The summed E-state index contributed by atoms with van der Waals surface area (Å²) in [6.45, 7) is 19.9. The third kappa shape index (κ3) is 9.61. The van der Waals surface area contributed by atoms with E-state index in [4.69, 9.17) is 0 Å². The van der Waals surface area contributed by atoms with Gasteiger partial charge in [0.25, 0.3) is 0 Å². The minimum atomic E-state index is 0.590. The maximum Gasteiger partial charge on any atom is 0.0965 e. The van der Waals surface area contributed by atoms with Gasteiger partial charge in [0.1, 0.15) is 0 Å². The number of allylic oxidation sites excluding steroid dienone is 3. The van der Waals surface area contributed by atoms with Crippen molar-refractivity contribution in [2.45, 2.75) is 68.2 Å². The van der Waals surface area contributed by atoms with Crippen molar-refractivity contribution in [1.82, 2.24) is 14.9 Å². The number of aromatic nitrogens is 2. The van der Waals surface area contributed by atoms with Gasteiger partial charge in [-0.25, -0.2) is 0 Å². The molecule has 1 atom stereocenters. The second kappa shape index (κ2) is 18.5. The highest BCUT2D eigenvalue weighted by Crippen LogP contribution is 2.29. The summed E-state index contributed by atoms with van der Waals surface area (Å²) in [6, 6.07) is 10.3. The standard InChI is InChI=1S/C22H27N3.3C2H6/c1-3-16-25(4-2)17-18-10-12-20(13-11-18)22-21(23-14-15-24-22)19-8-6-5-7-9-19;3*1-2/h5-10,12-15,18H,3-4,11,16-17H2,1-2H3;3*1-2H3. The van der Waals surface area contributed by atoms with Crippen molar-refractivity contribution in [2.24, 2.45) is 5.92 Å². The lowest BCUT2D eigenvalue weighted by Crippen LogP contribution is -2.29. The molecule has 1 unspecified atom stereocenters. The maximum absolute atomic E-state index is 4.62. The number of hydrogen-bond acceptors (Lipinski definition) is 3. The summed E-state index contributed by atoms with van der Waals surface area (Å²) in [6.07, 6.45) is 12.7. The first kappa shape index (κ1) is 28.7. The van der Waals surface area contributed by atoms with Crippen molar-refractivity contribution in [3.8, 4) is 11.3 Å². The van der Waals surface area contributed by atoms with E-state index in [-0.39, 0.29) is 0 Å². The van der Waals surface area contributed by atoms with Crippen LogP contribution in [0.3, 0.4) is 0 Å². The summed E-state index contributed by atoms with van der Waals surface area (Å²) in [5, 5.41) is 0. The molecule has 0 saturated heterocycles. The molecule has 0 saturated carbocycles. The zero-order valence-electron chi connectivity index (χ0n) is 21.2. The van der Waals surface area contributed by atoms with Gasteiger partial charge in [-0.05, 0) is 37.4 Å². The molecule has 0 N–H and O–H groups in total. The monoisotopic (exact) mass is 423 g/mol. The van der Waals surface area contributed by atoms with Gasteiger partial charge in [0.05, 0.1) is 11.4 Å². The van der Waals surface area contributed by atoms with Crippen LogP contribution in [0.1, 0.15) is 73.9 Å². The molecule has 0 fully saturated rings. The summed E-state index contributed by atoms with van der Waals surface area (Å²) < 4.78 is 0. The summed E-state index contributed by atoms with van der Waals surface area (Å²) >= 11 is 0. The topological polar surface area (TPSA) is 29.0 Å². The zero-order valence-corrected chi connectivity index (χ0v) is 21.2. The normalized spacial score (nSPS) is 14.2. The van der Waals surface area contributed by atoms with E-state index in [0.717, 1.165) is 36.5 Å². The summed E-state index contributed by atoms with van der Waals surface area (Å²) in [5.41, 5.74) is 4.23. The van der Waals surface area contributed by atoms with Crippen molar-refractivity contribution in [1.29, 1.82) is 0 Å². The molecule has 1 aliphatic rings. The lowest BCUT2D eigenvalue weighted by molar-refractivity contribution is 0.260. The van der Waals surface area contributed by atoms with Gasteiger partial charge in [0.15, 0.2) is 0 Å². The molecule has 2 aromatic rings. The van der Waals surface area contributed by atoms with Gasteiger partial charge in [-0.3, -0.25) is 9.97 Å². The molecule has 3 nitrogen and oxygen atoms in total. The van der Waals surface area contributed by atoms with E-state index in [9.17, 15) is 0 Å². The van der Waals surface area contributed by atoms with Crippen molar-refractivity contribution >= 4 is 5.57 Å². The Bertz CT molecular complexity index is 735. The Morgan fingerprint density at radius 3 is 2.00 bits per heavy atom. The zero-order chi connectivity index (χ0) is 23.5. The largest absolute Gasteiger partial charge is 0.303 e. The molecule has 3 heteroatoms. The van der Waals surface area contributed by atoms with E-state index in [1.807, 2.05) is 59.7 Å². The maximum atomic E-state index is 4.62. The summed E-state index contributed by atoms with van der Waals surface area (Å²) in [5.74, 6) is 0.590. The molecule has 1 aliphatic carbocycles. The number of nitrogens with zero attached hydrogens (tertiary/aromatic N) is 3. The predicted octanol–water partition coefficient (Wildman–Crippen LogP) is 7.91. The van der Waals surface area contributed by atoms with E-state index in [2.05, 4.69) is 59.1 Å². The van der Waals surface area contributed by atoms with Crippen LogP contribution in [0, 0.1) is 5.92 Å². The molecule has 31 heavy (non-hydrogen) atoms. The lowest BCUT2D eigenvalue weighted by atomic mass is 9.93. The Morgan fingerprint density at radius 2 is 1.48 bits per heavy atom. The minimum absolute atomic E-state index is 0.590. The molecular formula is C28H45N3. The molecule has 1 aromatic carbocycles. The molecule has 0 aliphatic heterocycles. The summed E-state index contributed by atoms with van der Waals surface area (Å²) in [7, 11) is 0. The van der Waals surface area contributed by atoms with Crippen LogP contribution in [0.4, 0.5) is 0 Å². The fraction of sp³-hybridized carbons (Fsp3) is 0.500. The Labute approximate surface area is 192 Å². The van der Waals surface area contributed by atoms with Crippen molar-refractivity contribution in [3.05, 3.63) is 66.6 Å². The molecular weight excluding hydrogens is 378 g/mol. The quantitative estimate of drug-likeness (QED) is 0.453. The van der Waals surface area contributed by atoms with Gasteiger partial charge >= 0.3 is 0 Å². The predicted molar refractivity (Wildman–Crippen MR) is 139 cm³/mol. The molecule has 0 spiro atoms. The number of rotatable bonds is 7. The van der Waals surface area contributed by atoms with Crippen LogP contribution >= 0.6 is 0 Å². The Hall–Kier alpha value is -2.26. The number of hydrogen-bond donors (Lipinski definition) is 0. The van der Waals surface area contributed by atoms with Gasteiger partial charge in [-0.2, -0.15) is 0 Å². The first-order valence-corrected chi connectivity index (χ1v) is 12.3. The molecule has 172 valence electrons. The Morgan fingerprint density at radius 1 is 0.871 bits per heavy atom. The van der Waals surface area contributed by atoms with E-state index in [1.165, 1.54) is 18.5 Å². The minimum Gasteiger partial charge on any atom is -0.303 e. The van der Waals surface area contributed by atoms with E-state index in [0.29, 0.717) is 5.92 Å². The van der Waals surface area contributed by atoms with Crippen LogP contribution in [-0.2, 0) is 0 Å². The van der Waals surface area contributed by atoms with Crippen LogP contribution in [0.5, 0.6) is 0 Å². The first-order chi connectivity index (χ1) is 15.3. The van der Waals surface area contributed by atoms with Crippen LogP contribution in [-0.4, -0.2) is 34.5 Å². The Balaban J connectivity index is 0.00000138. The second-order valence-corrected chi connectivity index (χ2v) is 6.53. The third-order valence-corrected chi connectivity index (χ3v) is 4.69. The van der Waals surface area contributed by atoms with Gasteiger partial charge in [-0.1, -0.05) is 104 Å². The average molecular weight is 424 g/mol. The molecule has 1 aromatic heterocycles. The Kier molecular flexibility index (Phi) is 17.2. The van der Waals surface area contributed by atoms with Crippen molar-refractivity contribution < 1.29 is 0 Å². The summed E-state index contributed by atoms with van der Waals surface area (Å²) in [4.78, 5) is 11.7. The van der Waals surface area contributed by atoms with Crippen LogP contribution < -0.4 is 0 Å². The highest BCUT2D eigenvalue weighted by atomic mass is 15.1. The van der Waals surface area contributed by atoms with E-state index >= 15 is 0 Å². The molecule has 0 radical (unpaired) electrons. The fourth-order valence-electron chi connectivity index (χ4n) is 3.36. The van der Waals surface area contributed by atoms with E-state index in [1.54, 1.807) is 12.4 Å². The van der Waals surface area contributed by atoms with Crippen molar-refractivity contribution in [2.75, 3.05) is 19.6 Å². The molecule has 3 rings (SSSR count). The lowest BCUT2D eigenvalue weighted by Gasteiger charge is -2.25. The van der Waals surface area contributed by atoms with Gasteiger partial charge in [-0.15, -0.1) is 0 Å². The average Bonchev–Trinajstić information content (AvgIpc) is 2.88. The van der Waals surface area contributed by atoms with Gasteiger partial charge in [0, 0.05) is 24.5 Å². The molecule has 0 amide bonds. The van der Waals surface area contributed by atoms with Crippen molar-refractivity contribution in [3.63, 3.8) is 0 Å². The van der Waals surface area contributed by atoms with Crippen LogP contribution in [0.25, 0.3) is 16.8 Å². The fourth-order valence-corrected chi connectivity index (χ4v) is 3.36. The van der Waals surface area contributed by atoms with Gasteiger partial charge < -0.3 is 4.90 Å². The SMILES string of the molecule is CC.CC.CC.CCCN(CC)CC1C=CC(c2nccnc2-c2ccccc2)=CC1. The third-order valence-electron chi connectivity index (χ3n) is 4.69. The first-order valence-electron chi connectivity index (χ1n) is 12.3. The highest BCUT2D eigenvalue weighted by Gasteiger charge is 2.16. The molecule has 0 bridgehead atoms. The van der Waals surface area contributed by atoms with E-state index < -0.39 is 0 Å². The molecule has 1 heterocycles. The van der Waals surface area contributed by atoms with Crippen LogP contribution in [0.2, 0.25) is 0 Å². The second-order valence-electron chi connectivity index (χ2n) is 6.53. The smallest absolute Gasteiger partial charge is 0.0965 e. The van der Waals surface area contributed by atoms with Crippen LogP contribution in [0.15, 0.2) is 61.0 Å².